The first-order valence-electron chi connectivity index (χ1n) is 8.86. The molecule has 1 fully saturated rings. The maximum absolute atomic E-state index is 12.4. The molecule has 1 aromatic heterocycles. The highest BCUT2D eigenvalue weighted by Gasteiger charge is 2.17. The summed E-state index contributed by atoms with van der Waals surface area (Å²) >= 11 is 0. The van der Waals surface area contributed by atoms with Crippen molar-refractivity contribution >= 4 is 26.8 Å². The molecule has 1 heterocycles. The minimum Gasteiger partial charge on any atom is -0.353 e. The fourth-order valence-corrected chi connectivity index (χ4v) is 4.30. The van der Waals surface area contributed by atoms with Gasteiger partial charge in [0.1, 0.15) is 0 Å². The summed E-state index contributed by atoms with van der Waals surface area (Å²) in [6.45, 7) is 0.0462. The van der Waals surface area contributed by atoms with Crippen molar-refractivity contribution in [2.75, 3.05) is 6.54 Å². The van der Waals surface area contributed by atoms with Crippen molar-refractivity contribution < 1.29 is 13.2 Å². The molecule has 0 saturated heterocycles. The number of aromatic nitrogens is 1. The van der Waals surface area contributed by atoms with E-state index in [0.29, 0.717) is 10.9 Å². The molecule has 1 aromatic carbocycles. The van der Waals surface area contributed by atoms with Gasteiger partial charge in [0.2, 0.25) is 21.5 Å². The van der Waals surface area contributed by atoms with E-state index in [-0.39, 0.29) is 35.4 Å². The quantitative estimate of drug-likeness (QED) is 0.711. The molecule has 0 bridgehead atoms. The molecule has 8 heteroatoms. The van der Waals surface area contributed by atoms with Gasteiger partial charge in [0.15, 0.2) is 0 Å². The number of carbonyl (C=O) groups is 1. The van der Waals surface area contributed by atoms with Crippen LogP contribution < -0.4 is 15.6 Å². The van der Waals surface area contributed by atoms with Crippen molar-refractivity contribution in [3.8, 4) is 0 Å². The maximum Gasteiger partial charge on any atom is 0.248 e. The number of fused-ring (bicyclic) bond motifs is 1. The number of rotatable bonds is 6. The fourth-order valence-electron chi connectivity index (χ4n) is 3.23. The molecule has 3 rings (SSSR count). The van der Waals surface area contributed by atoms with E-state index in [1.54, 1.807) is 12.1 Å². The topological polar surface area (TPSA) is 108 Å². The number of hydrogen-bond donors (Lipinski definition) is 3. The molecule has 1 aliphatic carbocycles. The van der Waals surface area contributed by atoms with E-state index < -0.39 is 10.0 Å². The van der Waals surface area contributed by atoms with Gasteiger partial charge < -0.3 is 10.3 Å². The molecule has 0 atom stereocenters. The van der Waals surface area contributed by atoms with Crippen molar-refractivity contribution in [1.82, 2.24) is 15.0 Å². The zero-order chi connectivity index (χ0) is 18.6. The van der Waals surface area contributed by atoms with E-state index in [1.165, 1.54) is 24.6 Å². The van der Waals surface area contributed by atoms with Gasteiger partial charge in [-0.2, -0.15) is 0 Å². The number of aromatic amines is 1. The van der Waals surface area contributed by atoms with Crippen LogP contribution in [0.2, 0.25) is 0 Å². The molecule has 1 saturated carbocycles. The average Bonchev–Trinajstić information content (AvgIpc) is 2.62. The molecule has 0 aliphatic heterocycles. The highest BCUT2D eigenvalue weighted by molar-refractivity contribution is 7.89. The fraction of sp³-hybridized carbons (Fsp3) is 0.444. The number of sulfonamides is 1. The molecule has 0 unspecified atom stereocenters. The van der Waals surface area contributed by atoms with Gasteiger partial charge in [-0.15, -0.1) is 0 Å². The number of H-pyrrole nitrogens is 1. The van der Waals surface area contributed by atoms with Crippen LogP contribution in [0.4, 0.5) is 0 Å². The van der Waals surface area contributed by atoms with Gasteiger partial charge in [-0.1, -0.05) is 19.3 Å². The molecule has 140 valence electrons. The van der Waals surface area contributed by atoms with Crippen LogP contribution >= 0.6 is 0 Å². The predicted molar refractivity (Wildman–Crippen MR) is 99.4 cm³/mol. The lowest BCUT2D eigenvalue weighted by molar-refractivity contribution is -0.121. The monoisotopic (exact) mass is 377 g/mol. The summed E-state index contributed by atoms with van der Waals surface area (Å²) in [7, 11) is -3.71. The molecule has 2 aromatic rings. The van der Waals surface area contributed by atoms with Crippen molar-refractivity contribution in [2.45, 2.75) is 49.5 Å². The Morgan fingerprint density at radius 2 is 1.88 bits per heavy atom. The molecule has 1 amide bonds. The second-order valence-corrected chi connectivity index (χ2v) is 8.39. The van der Waals surface area contributed by atoms with Gasteiger partial charge in [-0.3, -0.25) is 9.59 Å². The Morgan fingerprint density at radius 3 is 2.65 bits per heavy atom. The Labute approximate surface area is 152 Å². The van der Waals surface area contributed by atoms with Crippen LogP contribution in [0.3, 0.4) is 0 Å². The number of amides is 1. The molecule has 3 N–H and O–H groups in total. The van der Waals surface area contributed by atoms with E-state index >= 15 is 0 Å². The third-order valence-electron chi connectivity index (χ3n) is 4.62. The van der Waals surface area contributed by atoms with Crippen LogP contribution in [0, 0.1) is 0 Å². The summed E-state index contributed by atoms with van der Waals surface area (Å²) in [6.07, 6.45) is 5.57. The number of pyridine rings is 1. The third-order valence-corrected chi connectivity index (χ3v) is 6.08. The van der Waals surface area contributed by atoms with E-state index in [4.69, 9.17) is 0 Å². The van der Waals surface area contributed by atoms with Crippen molar-refractivity contribution in [3.05, 3.63) is 40.7 Å². The molecule has 7 nitrogen and oxygen atoms in total. The predicted octanol–water partition coefficient (Wildman–Crippen LogP) is 1.65. The van der Waals surface area contributed by atoms with Crippen LogP contribution in [0.25, 0.3) is 10.9 Å². The first-order chi connectivity index (χ1) is 12.4. The summed E-state index contributed by atoms with van der Waals surface area (Å²) in [5.41, 5.74) is 0.332. The lowest BCUT2D eigenvalue weighted by Crippen LogP contribution is -2.38. The van der Waals surface area contributed by atoms with Crippen molar-refractivity contribution in [1.29, 1.82) is 0 Å². The van der Waals surface area contributed by atoms with Crippen LogP contribution in [0.5, 0.6) is 0 Å². The Balaban J connectivity index is 1.57. The lowest BCUT2D eigenvalue weighted by atomic mass is 9.95. The zero-order valence-electron chi connectivity index (χ0n) is 14.5. The SMILES string of the molecule is O=C(CCNS(=O)(=O)c1ccc2[nH]c(=O)ccc2c1)NC1CCCCC1. The summed E-state index contributed by atoms with van der Waals surface area (Å²) in [5, 5.41) is 3.59. The van der Waals surface area contributed by atoms with Crippen molar-refractivity contribution in [2.24, 2.45) is 0 Å². The number of benzene rings is 1. The third kappa shape index (κ3) is 4.70. The first kappa shape index (κ1) is 18.6. The Morgan fingerprint density at radius 1 is 1.12 bits per heavy atom. The molecule has 26 heavy (non-hydrogen) atoms. The van der Waals surface area contributed by atoms with Crippen LogP contribution in [-0.2, 0) is 14.8 Å². The summed E-state index contributed by atoms with van der Waals surface area (Å²) < 4.78 is 27.3. The highest BCUT2D eigenvalue weighted by Crippen LogP contribution is 2.18. The van der Waals surface area contributed by atoms with Crippen LogP contribution in [0.1, 0.15) is 38.5 Å². The second-order valence-electron chi connectivity index (χ2n) is 6.62. The van der Waals surface area contributed by atoms with Crippen LogP contribution in [0.15, 0.2) is 40.0 Å². The van der Waals surface area contributed by atoms with Gasteiger partial charge in [0, 0.05) is 30.6 Å². The van der Waals surface area contributed by atoms with Gasteiger partial charge in [-0.05, 0) is 42.5 Å². The summed E-state index contributed by atoms with van der Waals surface area (Å²) in [4.78, 5) is 26.0. The zero-order valence-corrected chi connectivity index (χ0v) is 15.3. The smallest absolute Gasteiger partial charge is 0.248 e. The van der Waals surface area contributed by atoms with E-state index in [1.807, 2.05) is 0 Å². The van der Waals surface area contributed by atoms with Crippen LogP contribution in [-0.4, -0.2) is 31.9 Å². The lowest BCUT2D eigenvalue weighted by Gasteiger charge is -2.22. The molecular weight excluding hydrogens is 354 g/mol. The Kier molecular flexibility index (Phi) is 5.73. The number of hydrogen-bond acceptors (Lipinski definition) is 4. The van der Waals surface area contributed by atoms with Gasteiger partial charge in [0.05, 0.1) is 4.90 Å². The summed E-state index contributed by atoms with van der Waals surface area (Å²) in [6, 6.07) is 7.63. The molecular formula is C18H23N3O4S. The van der Waals surface area contributed by atoms with Gasteiger partial charge in [0.25, 0.3) is 0 Å². The van der Waals surface area contributed by atoms with Crippen molar-refractivity contribution in [3.63, 3.8) is 0 Å². The largest absolute Gasteiger partial charge is 0.353 e. The normalized spacial score (nSPS) is 15.8. The second kappa shape index (κ2) is 8.01. The Hall–Kier alpha value is -2.19. The average molecular weight is 377 g/mol. The van der Waals surface area contributed by atoms with E-state index in [2.05, 4.69) is 15.0 Å². The highest BCUT2D eigenvalue weighted by atomic mass is 32.2. The van der Waals surface area contributed by atoms with Gasteiger partial charge in [-0.25, -0.2) is 13.1 Å². The maximum atomic E-state index is 12.4. The van der Waals surface area contributed by atoms with E-state index in [0.717, 1.165) is 25.7 Å². The molecule has 0 radical (unpaired) electrons. The first-order valence-corrected chi connectivity index (χ1v) is 10.3. The molecule has 1 aliphatic rings. The summed E-state index contributed by atoms with van der Waals surface area (Å²) in [5.74, 6) is -0.129. The number of nitrogens with one attached hydrogen (secondary N) is 3. The minimum atomic E-state index is -3.71. The molecule has 0 spiro atoms. The standard InChI is InChI=1S/C18H23N3O4S/c22-17-9-6-13-12-15(7-8-16(13)21-17)26(24,25)19-11-10-18(23)20-14-4-2-1-3-5-14/h6-9,12,14,19H,1-5,10-11H2,(H,20,23)(H,21,22). The number of carbonyl (C=O) groups excluding carboxylic acids is 1. The van der Waals surface area contributed by atoms with E-state index in [9.17, 15) is 18.0 Å². The van der Waals surface area contributed by atoms with Gasteiger partial charge >= 0.3 is 0 Å². The Bertz CT molecular complexity index is 946. The minimum absolute atomic E-state index is 0.0462.